The lowest BCUT2D eigenvalue weighted by Gasteiger charge is -2.10. The van der Waals surface area contributed by atoms with Gasteiger partial charge in [-0.15, -0.1) is 23.7 Å². The highest BCUT2D eigenvalue weighted by Crippen LogP contribution is 2.22. The molecule has 2 aromatic heterocycles. The average molecular weight is 313 g/mol. The monoisotopic (exact) mass is 312 g/mol. The van der Waals surface area contributed by atoms with Gasteiger partial charge in [-0.25, -0.2) is 0 Å². The molecule has 1 unspecified atom stereocenters. The van der Waals surface area contributed by atoms with E-state index in [2.05, 4.69) is 20.8 Å². The van der Waals surface area contributed by atoms with Gasteiger partial charge in [0.05, 0.1) is 10.6 Å². The van der Waals surface area contributed by atoms with E-state index in [4.69, 9.17) is 0 Å². The van der Waals surface area contributed by atoms with Gasteiger partial charge in [0.1, 0.15) is 0 Å². The average Bonchev–Trinajstić information content (AvgIpc) is 3.14. The van der Waals surface area contributed by atoms with Crippen LogP contribution in [0.25, 0.3) is 10.6 Å². The Morgan fingerprint density at radius 1 is 1.55 bits per heavy atom. The normalized spacial score (nSPS) is 17.7. The Balaban J connectivity index is 0.00000147. The van der Waals surface area contributed by atoms with E-state index in [-0.39, 0.29) is 18.3 Å². The van der Waals surface area contributed by atoms with E-state index in [1.165, 1.54) is 6.42 Å². The fourth-order valence-electron chi connectivity index (χ4n) is 2.23. The fraction of sp³-hybridized carbons (Fsp3) is 0.385. The first-order valence-electron chi connectivity index (χ1n) is 6.44. The van der Waals surface area contributed by atoms with Gasteiger partial charge in [-0.05, 0) is 36.9 Å². The van der Waals surface area contributed by atoms with Crippen LogP contribution in [0.3, 0.4) is 0 Å². The molecule has 20 heavy (non-hydrogen) atoms. The number of hydrogen-bond acceptors (Lipinski definition) is 4. The molecule has 0 aliphatic carbocycles. The van der Waals surface area contributed by atoms with Crippen molar-refractivity contribution in [2.24, 2.45) is 0 Å². The molecule has 3 heterocycles. The first-order chi connectivity index (χ1) is 9.33. The minimum absolute atomic E-state index is 0. The molecular formula is C13H17ClN4OS. The van der Waals surface area contributed by atoms with Crippen molar-refractivity contribution >= 4 is 29.7 Å². The third kappa shape index (κ3) is 3.39. The summed E-state index contributed by atoms with van der Waals surface area (Å²) in [4.78, 5) is 13.1. The van der Waals surface area contributed by atoms with Crippen LogP contribution >= 0.6 is 23.7 Å². The summed E-state index contributed by atoms with van der Waals surface area (Å²) in [6.07, 6.45) is 2.31. The third-order valence-corrected chi connectivity index (χ3v) is 4.17. The van der Waals surface area contributed by atoms with Gasteiger partial charge in [-0.2, -0.15) is 5.10 Å². The van der Waals surface area contributed by atoms with Crippen molar-refractivity contribution in [3.05, 3.63) is 29.3 Å². The number of thiophene rings is 1. The minimum Gasteiger partial charge on any atom is -0.349 e. The van der Waals surface area contributed by atoms with Crippen LogP contribution in [0.1, 0.15) is 23.3 Å². The van der Waals surface area contributed by atoms with E-state index in [1.54, 1.807) is 17.4 Å². The molecule has 0 aromatic carbocycles. The van der Waals surface area contributed by atoms with Crippen LogP contribution < -0.4 is 10.6 Å². The summed E-state index contributed by atoms with van der Waals surface area (Å²) in [7, 11) is 0. The Bertz CT molecular complexity index is 548. The number of rotatable bonds is 4. The van der Waals surface area contributed by atoms with E-state index in [0.717, 1.165) is 23.5 Å². The maximum atomic E-state index is 12.0. The molecule has 0 saturated carbocycles. The highest BCUT2D eigenvalue weighted by molar-refractivity contribution is 7.13. The number of carbonyl (C=O) groups is 1. The van der Waals surface area contributed by atoms with E-state index in [1.807, 2.05) is 17.5 Å². The molecule has 2 aromatic rings. The van der Waals surface area contributed by atoms with Crippen LogP contribution in [-0.2, 0) is 0 Å². The summed E-state index contributed by atoms with van der Waals surface area (Å²) in [5.74, 6) is -0.118. The van der Waals surface area contributed by atoms with Crippen molar-refractivity contribution in [1.29, 1.82) is 0 Å². The largest absolute Gasteiger partial charge is 0.349 e. The van der Waals surface area contributed by atoms with E-state index < -0.39 is 0 Å². The number of amides is 1. The third-order valence-electron chi connectivity index (χ3n) is 3.27. The summed E-state index contributed by atoms with van der Waals surface area (Å²) in [5, 5.41) is 15.2. The van der Waals surface area contributed by atoms with Crippen LogP contribution in [-0.4, -0.2) is 35.2 Å². The van der Waals surface area contributed by atoms with Gasteiger partial charge in [-0.1, -0.05) is 6.07 Å². The molecule has 3 N–H and O–H groups in total. The Labute approximate surface area is 127 Å². The van der Waals surface area contributed by atoms with E-state index in [0.29, 0.717) is 18.3 Å². The van der Waals surface area contributed by atoms with Crippen molar-refractivity contribution in [1.82, 2.24) is 20.8 Å². The second kappa shape index (κ2) is 6.88. The highest BCUT2D eigenvalue weighted by atomic mass is 35.5. The summed E-state index contributed by atoms with van der Waals surface area (Å²) < 4.78 is 0. The lowest BCUT2D eigenvalue weighted by atomic mass is 10.2. The number of nitrogens with one attached hydrogen (secondary N) is 3. The van der Waals surface area contributed by atoms with Crippen LogP contribution in [0.5, 0.6) is 0 Å². The van der Waals surface area contributed by atoms with Gasteiger partial charge in [0.25, 0.3) is 5.91 Å². The number of H-pyrrole nitrogens is 1. The van der Waals surface area contributed by atoms with Crippen molar-refractivity contribution < 1.29 is 4.79 Å². The molecule has 1 saturated heterocycles. The molecule has 3 rings (SSSR count). The van der Waals surface area contributed by atoms with Gasteiger partial charge >= 0.3 is 0 Å². The minimum atomic E-state index is -0.118. The van der Waals surface area contributed by atoms with Crippen molar-refractivity contribution in [3.8, 4) is 10.6 Å². The lowest BCUT2D eigenvalue weighted by molar-refractivity contribution is 0.0945. The molecule has 108 valence electrons. The molecule has 1 atom stereocenters. The summed E-state index contributed by atoms with van der Waals surface area (Å²) in [6, 6.07) is 6.18. The zero-order valence-electron chi connectivity index (χ0n) is 10.9. The van der Waals surface area contributed by atoms with Crippen LogP contribution in [0, 0.1) is 0 Å². The summed E-state index contributed by atoms with van der Waals surface area (Å²) in [5.41, 5.74) is 1.33. The topological polar surface area (TPSA) is 69.8 Å². The zero-order valence-corrected chi connectivity index (χ0v) is 12.5. The molecule has 1 amide bonds. The molecule has 5 nitrogen and oxygen atoms in total. The maximum Gasteiger partial charge on any atom is 0.271 e. The van der Waals surface area contributed by atoms with Crippen LogP contribution in [0.15, 0.2) is 23.6 Å². The number of aromatic amines is 1. The van der Waals surface area contributed by atoms with E-state index >= 15 is 0 Å². The van der Waals surface area contributed by atoms with Gasteiger partial charge in [-0.3, -0.25) is 9.89 Å². The number of aromatic nitrogens is 2. The predicted molar refractivity (Wildman–Crippen MR) is 82.5 cm³/mol. The van der Waals surface area contributed by atoms with Gasteiger partial charge in [0.2, 0.25) is 0 Å². The van der Waals surface area contributed by atoms with Crippen molar-refractivity contribution in [2.45, 2.75) is 18.9 Å². The molecule has 7 heteroatoms. The summed E-state index contributed by atoms with van der Waals surface area (Å²) in [6.45, 7) is 1.71. The first kappa shape index (κ1) is 15.0. The van der Waals surface area contributed by atoms with Gasteiger partial charge < -0.3 is 10.6 Å². The Morgan fingerprint density at radius 3 is 3.15 bits per heavy atom. The van der Waals surface area contributed by atoms with Crippen molar-refractivity contribution in [2.75, 3.05) is 13.1 Å². The number of hydrogen-bond donors (Lipinski definition) is 3. The summed E-state index contributed by atoms with van der Waals surface area (Å²) >= 11 is 1.62. The standard InChI is InChI=1S/C13H16N4OS.ClH/c18-13(15-8-9-3-1-5-14-9)11-7-10(16-17-11)12-4-2-6-19-12;/h2,4,6-7,9,14H,1,3,5,8H2,(H,15,18)(H,16,17);1H. The van der Waals surface area contributed by atoms with Gasteiger partial charge in [0.15, 0.2) is 5.69 Å². The molecule has 0 bridgehead atoms. The van der Waals surface area contributed by atoms with Crippen LogP contribution in [0.2, 0.25) is 0 Å². The smallest absolute Gasteiger partial charge is 0.271 e. The molecule has 1 fully saturated rings. The fourth-order valence-corrected chi connectivity index (χ4v) is 2.93. The Hall–Kier alpha value is -1.37. The quantitative estimate of drug-likeness (QED) is 0.809. The number of halogens is 1. The van der Waals surface area contributed by atoms with Crippen molar-refractivity contribution in [3.63, 3.8) is 0 Å². The first-order valence-corrected chi connectivity index (χ1v) is 7.32. The molecule has 1 aliphatic heterocycles. The second-order valence-corrected chi connectivity index (χ2v) is 5.60. The molecule has 0 radical (unpaired) electrons. The van der Waals surface area contributed by atoms with Crippen LogP contribution in [0.4, 0.5) is 0 Å². The molecular weight excluding hydrogens is 296 g/mol. The van der Waals surface area contributed by atoms with E-state index in [9.17, 15) is 4.79 Å². The number of nitrogens with zero attached hydrogens (tertiary/aromatic N) is 1. The lowest BCUT2D eigenvalue weighted by Crippen LogP contribution is -2.37. The molecule has 1 aliphatic rings. The SMILES string of the molecule is Cl.O=C(NCC1CCCN1)c1cc(-c2cccs2)[nH]n1. The zero-order chi connectivity index (χ0) is 13.1. The maximum absolute atomic E-state index is 12.0. The molecule has 0 spiro atoms. The number of carbonyl (C=O) groups excluding carboxylic acids is 1. The second-order valence-electron chi connectivity index (χ2n) is 4.65. The highest BCUT2D eigenvalue weighted by Gasteiger charge is 2.16. The van der Waals surface area contributed by atoms with Gasteiger partial charge in [0, 0.05) is 12.6 Å². The Morgan fingerprint density at radius 2 is 2.45 bits per heavy atom. The predicted octanol–water partition coefficient (Wildman–Crippen LogP) is 2.04. The Kier molecular flexibility index (Phi) is 5.17.